The first kappa shape index (κ1) is 12.0. The molecule has 0 bridgehead atoms. The lowest BCUT2D eigenvalue weighted by atomic mass is 10.2. The molecule has 0 aromatic heterocycles. The van der Waals surface area contributed by atoms with Crippen LogP contribution in [0.15, 0.2) is 30.3 Å². The van der Waals surface area contributed by atoms with E-state index in [4.69, 9.17) is 39.9 Å². The summed E-state index contributed by atoms with van der Waals surface area (Å²) in [5.74, 6) is 0. The molecule has 0 aliphatic carbocycles. The molecular weight excluding hydrogens is 218 g/mol. The number of aliphatic hydroxyl groups excluding tert-OH is 1. The number of rotatable bonds is 1. The molecule has 1 N–H and O–H groups in total. The topological polar surface area (TPSA) is 20.2 Å². The highest BCUT2D eigenvalue weighted by Gasteiger charge is 1.81. The van der Waals surface area contributed by atoms with Gasteiger partial charge in [-0.2, -0.15) is 0 Å². The predicted octanol–water partition coefficient (Wildman–Crippen LogP) is 3.17. The molecule has 0 amide bonds. The van der Waals surface area contributed by atoms with Crippen molar-refractivity contribution in [2.24, 2.45) is 0 Å². The van der Waals surface area contributed by atoms with Crippen LogP contribution < -0.4 is 0 Å². The maximum absolute atomic E-state index is 8.54. The normalized spacial score (nSPS) is 9.08. The average molecular weight is 228 g/mol. The fourth-order valence-electron chi connectivity index (χ4n) is 0.583. The molecule has 1 aromatic carbocycles. The van der Waals surface area contributed by atoms with Crippen LogP contribution in [0.1, 0.15) is 5.56 Å². The van der Waals surface area contributed by atoms with E-state index in [0.29, 0.717) is 0 Å². The highest BCUT2D eigenvalue weighted by molar-refractivity contribution is 6.63. The van der Waals surface area contributed by atoms with Gasteiger partial charge in [-0.3, -0.25) is 0 Å². The van der Waals surface area contributed by atoms with E-state index in [2.05, 4.69) is 0 Å². The Labute approximate surface area is 86.9 Å². The van der Waals surface area contributed by atoms with E-state index < -0.39 is 4.30 Å². The van der Waals surface area contributed by atoms with Gasteiger partial charge < -0.3 is 5.11 Å². The molecule has 1 aromatic rings. The van der Waals surface area contributed by atoms with Gasteiger partial charge in [0.15, 0.2) is 4.30 Å². The molecule has 0 aliphatic heterocycles. The van der Waals surface area contributed by atoms with Crippen molar-refractivity contribution in [1.29, 1.82) is 0 Å². The maximum Gasteiger partial charge on any atom is 0.180 e. The SMILES string of the molecule is ClC(Cl)Cl.OCc1ccccc1. The second-order valence-corrected chi connectivity index (χ2v) is 3.87. The third kappa shape index (κ3) is 8.15. The maximum atomic E-state index is 8.54. The highest BCUT2D eigenvalue weighted by Crippen LogP contribution is 2.03. The van der Waals surface area contributed by atoms with Crippen molar-refractivity contribution in [1.82, 2.24) is 0 Å². The van der Waals surface area contributed by atoms with E-state index in [0.717, 1.165) is 5.56 Å². The third-order valence-electron chi connectivity index (χ3n) is 1.03. The van der Waals surface area contributed by atoms with Gasteiger partial charge in [-0.25, -0.2) is 0 Å². The number of alkyl halides is 3. The number of halogens is 3. The number of benzene rings is 1. The summed E-state index contributed by atoms with van der Waals surface area (Å²) in [6.07, 6.45) is 0. The Balaban J connectivity index is 0.000000261. The Morgan fingerprint density at radius 2 is 1.50 bits per heavy atom. The lowest BCUT2D eigenvalue weighted by Gasteiger charge is -1.89. The second-order valence-electron chi connectivity index (χ2n) is 1.89. The van der Waals surface area contributed by atoms with Crippen LogP contribution in [0.2, 0.25) is 0 Å². The van der Waals surface area contributed by atoms with Crippen molar-refractivity contribution in [3.8, 4) is 0 Å². The van der Waals surface area contributed by atoms with Crippen LogP contribution in [0.4, 0.5) is 0 Å². The minimum atomic E-state index is -0.750. The quantitative estimate of drug-likeness (QED) is 0.731. The van der Waals surface area contributed by atoms with Gasteiger partial charge in [0.1, 0.15) is 0 Å². The molecule has 0 atom stereocenters. The molecule has 0 saturated heterocycles. The summed E-state index contributed by atoms with van der Waals surface area (Å²) < 4.78 is -0.750. The summed E-state index contributed by atoms with van der Waals surface area (Å²) in [5.41, 5.74) is 0.965. The minimum absolute atomic E-state index is 0.140. The molecule has 1 nitrogen and oxygen atoms in total. The summed E-state index contributed by atoms with van der Waals surface area (Å²) in [7, 11) is 0. The number of aliphatic hydroxyl groups is 1. The molecule has 0 fully saturated rings. The van der Waals surface area contributed by atoms with E-state index in [1.807, 2.05) is 30.3 Å². The summed E-state index contributed by atoms with van der Waals surface area (Å²) >= 11 is 14.4. The highest BCUT2D eigenvalue weighted by atomic mass is 35.6. The van der Waals surface area contributed by atoms with Crippen LogP contribution in [-0.4, -0.2) is 9.40 Å². The van der Waals surface area contributed by atoms with Crippen molar-refractivity contribution in [2.75, 3.05) is 0 Å². The minimum Gasteiger partial charge on any atom is -0.392 e. The van der Waals surface area contributed by atoms with Gasteiger partial charge in [0, 0.05) is 0 Å². The Kier molecular flexibility index (Phi) is 7.72. The molecule has 4 heteroatoms. The monoisotopic (exact) mass is 226 g/mol. The second kappa shape index (κ2) is 7.69. The lowest BCUT2D eigenvalue weighted by molar-refractivity contribution is 0.282. The van der Waals surface area contributed by atoms with E-state index in [-0.39, 0.29) is 6.61 Å². The molecule has 0 heterocycles. The average Bonchev–Trinajstić information content (AvgIpc) is 2.05. The first-order valence-corrected chi connectivity index (χ1v) is 4.54. The van der Waals surface area contributed by atoms with Crippen molar-refractivity contribution >= 4 is 34.8 Å². The van der Waals surface area contributed by atoms with E-state index in [9.17, 15) is 0 Å². The van der Waals surface area contributed by atoms with Gasteiger partial charge in [0.25, 0.3) is 0 Å². The van der Waals surface area contributed by atoms with E-state index >= 15 is 0 Å². The van der Waals surface area contributed by atoms with Crippen molar-refractivity contribution in [3.05, 3.63) is 35.9 Å². The Hall–Kier alpha value is 0.0500. The number of hydrogen-bond donors (Lipinski definition) is 1. The Morgan fingerprint density at radius 1 is 1.08 bits per heavy atom. The zero-order valence-corrected chi connectivity index (χ0v) is 8.52. The van der Waals surface area contributed by atoms with Crippen LogP contribution >= 0.6 is 34.8 Å². The predicted molar refractivity (Wildman–Crippen MR) is 53.7 cm³/mol. The zero-order chi connectivity index (χ0) is 9.40. The van der Waals surface area contributed by atoms with Crippen LogP contribution in [0.25, 0.3) is 0 Å². The van der Waals surface area contributed by atoms with Gasteiger partial charge in [-0.1, -0.05) is 65.1 Å². The molecule has 0 saturated carbocycles. The van der Waals surface area contributed by atoms with Crippen molar-refractivity contribution < 1.29 is 5.11 Å². The fourth-order valence-corrected chi connectivity index (χ4v) is 0.583. The van der Waals surface area contributed by atoms with Crippen molar-refractivity contribution in [2.45, 2.75) is 10.9 Å². The summed E-state index contributed by atoms with van der Waals surface area (Å²) in [4.78, 5) is 0. The van der Waals surface area contributed by atoms with Crippen molar-refractivity contribution in [3.63, 3.8) is 0 Å². The Morgan fingerprint density at radius 3 is 1.75 bits per heavy atom. The molecule has 0 spiro atoms. The lowest BCUT2D eigenvalue weighted by Crippen LogP contribution is -1.77. The van der Waals surface area contributed by atoms with Gasteiger partial charge in [-0.05, 0) is 5.56 Å². The molecule has 0 aliphatic rings. The van der Waals surface area contributed by atoms with Crippen LogP contribution in [0, 0.1) is 0 Å². The fraction of sp³-hybridized carbons (Fsp3) is 0.250. The van der Waals surface area contributed by atoms with Crippen LogP contribution in [0.5, 0.6) is 0 Å². The van der Waals surface area contributed by atoms with Gasteiger partial charge in [0.2, 0.25) is 0 Å². The smallest absolute Gasteiger partial charge is 0.180 e. The molecular formula is C8H9Cl3O. The number of hydrogen-bond acceptors (Lipinski definition) is 1. The van der Waals surface area contributed by atoms with Crippen LogP contribution in [0.3, 0.4) is 0 Å². The van der Waals surface area contributed by atoms with Gasteiger partial charge in [-0.15, -0.1) is 0 Å². The zero-order valence-electron chi connectivity index (χ0n) is 6.25. The van der Waals surface area contributed by atoms with Gasteiger partial charge >= 0.3 is 0 Å². The third-order valence-corrected chi connectivity index (χ3v) is 1.03. The first-order valence-electron chi connectivity index (χ1n) is 3.24. The summed E-state index contributed by atoms with van der Waals surface area (Å²) in [6, 6.07) is 9.52. The summed E-state index contributed by atoms with van der Waals surface area (Å²) in [6.45, 7) is 0.140. The van der Waals surface area contributed by atoms with Crippen LogP contribution in [-0.2, 0) is 6.61 Å². The van der Waals surface area contributed by atoms with E-state index in [1.165, 1.54) is 0 Å². The molecule has 0 unspecified atom stereocenters. The first-order chi connectivity index (χ1) is 5.66. The Bertz CT molecular complexity index is 186. The molecule has 0 radical (unpaired) electrons. The van der Waals surface area contributed by atoms with Gasteiger partial charge in [0.05, 0.1) is 6.61 Å². The largest absolute Gasteiger partial charge is 0.392 e. The molecule has 1 rings (SSSR count). The molecule has 68 valence electrons. The standard InChI is InChI=1S/C7H8O.CHCl3/c8-6-7-4-2-1-3-5-7;2-1(3)4/h1-5,8H,6H2;1H. The summed E-state index contributed by atoms with van der Waals surface area (Å²) in [5, 5.41) is 8.54. The van der Waals surface area contributed by atoms with E-state index in [1.54, 1.807) is 0 Å². The molecule has 12 heavy (non-hydrogen) atoms.